The van der Waals surface area contributed by atoms with Crippen molar-refractivity contribution in [2.24, 2.45) is 0 Å². The van der Waals surface area contributed by atoms with E-state index in [1.54, 1.807) is 0 Å². The Morgan fingerprint density at radius 2 is 1.29 bits per heavy atom. The van der Waals surface area contributed by atoms with Crippen LogP contribution in [-0.2, 0) is 4.79 Å². The predicted octanol–water partition coefficient (Wildman–Crippen LogP) is -0.611. The molecule has 0 aromatic carbocycles. The minimum atomic E-state index is -1.83. The van der Waals surface area contributed by atoms with Gasteiger partial charge >= 0.3 is 57.5 Å². The summed E-state index contributed by atoms with van der Waals surface area (Å²) in [6.45, 7) is 2.00. The molecule has 0 rings (SSSR count). The van der Waals surface area contributed by atoms with E-state index >= 15 is 0 Å². The van der Waals surface area contributed by atoms with Crippen LogP contribution in [0, 0.1) is 0 Å². The van der Waals surface area contributed by atoms with Crippen molar-refractivity contribution < 1.29 is 19.8 Å². The Balaban J connectivity index is -0.0000000480. The second-order valence-electron chi connectivity index (χ2n) is 0.283. The van der Waals surface area contributed by atoms with E-state index in [4.69, 9.17) is 19.8 Å². The summed E-state index contributed by atoms with van der Waals surface area (Å²) in [7, 11) is 0. The Kier molecular flexibility index (Phi) is 35.7. The standard InChI is InChI=1S/CH2O3.CH2O.K.H/c2-1(3)4;1-2;;/h(H2,2,3,4);1H2;;. The topological polar surface area (TPSA) is 74.6 Å². The summed E-state index contributed by atoms with van der Waals surface area (Å²) in [6.07, 6.45) is -1.83. The zero-order chi connectivity index (χ0) is 5.58. The molecule has 0 bridgehead atoms. The van der Waals surface area contributed by atoms with Crippen molar-refractivity contribution in [3.63, 3.8) is 0 Å². The molecule has 0 amide bonds. The molecule has 0 heterocycles. The monoisotopic (exact) mass is 132 g/mol. The van der Waals surface area contributed by atoms with Gasteiger partial charge in [-0.2, -0.15) is 0 Å². The molecule has 0 aliphatic carbocycles. The van der Waals surface area contributed by atoms with Crippen molar-refractivity contribution in [3.8, 4) is 0 Å². The van der Waals surface area contributed by atoms with Gasteiger partial charge in [-0.25, -0.2) is 4.79 Å². The Hall–Kier alpha value is 0.576. The van der Waals surface area contributed by atoms with Gasteiger partial charge < -0.3 is 15.0 Å². The summed E-state index contributed by atoms with van der Waals surface area (Å²) >= 11 is 0. The quantitative estimate of drug-likeness (QED) is 0.431. The first-order valence-electron chi connectivity index (χ1n) is 0.940. The van der Waals surface area contributed by atoms with Crippen LogP contribution < -0.4 is 0 Å². The molecule has 0 atom stereocenters. The zero-order valence-electron chi connectivity index (χ0n) is 2.92. The van der Waals surface area contributed by atoms with Crippen molar-refractivity contribution in [3.05, 3.63) is 0 Å². The molecule has 0 aromatic heterocycles. The van der Waals surface area contributed by atoms with Crippen LogP contribution in [-0.4, -0.2) is 74.5 Å². The molecule has 0 aliphatic rings. The summed E-state index contributed by atoms with van der Waals surface area (Å²) < 4.78 is 0. The fraction of sp³-hybridized carbons (Fsp3) is 0. The molecule has 2 N–H and O–H groups in total. The zero-order valence-corrected chi connectivity index (χ0v) is 2.92. The number of hydrogen-bond donors (Lipinski definition) is 2. The van der Waals surface area contributed by atoms with E-state index < -0.39 is 6.16 Å². The molecule has 0 spiro atoms. The van der Waals surface area contributed by atoms with Crippen LogP contribution in [0.4, 0.5) is 4.79 Å². The molecule has 7 heavy (non-hydrogen) atoms. The molecule has 38 valence electrons. The molecule has 0 saturated heterocycles. The van der Waals surface area contributed by atoms with E-state index in [1.165, 1.54) is 0 Å². The summed E-state index contributed by atoms with van der Waals surface area (Å²) in [4.78, 5) is 16.6. The maximum absolute atomic E-state index is 8.56. The van der Waals surface area contributed by atoms with Gasteiger partial charge in [-0.15, -0.1) is 0 Å². The minimum absolute atomic E-state index is 0. The van der Waals surface area contributed by atoms with E-state index in [1.807, 2.05) is 6.79 Å². The normalized spacial score (nSPS) is 4.00. The van der Waals surface area contributed by atoms with E-state index in [9.17, 15) is 0 Å². The number of hydrogen-bond acceptors (Lipinski definition) is 2. The summed E-state index contributed by atoms with van der Waals surface area (Å²) in [5, 5.41) is 13.9. The van der Waals surface area contributed by atoms with E-state index in [2.05, 4.69) is 0 Å². The second-order valence-corrected chi connectivity index (χ2v) is 0.283. The van der Waals surface area contributed by atoms with Gasteiger partial charge in [0.1, 0.15) is 6.79 Å². The van der Waals surface area contributed by atoms with Gasteiger partial charge in [0, 0.05) is 0 Å². The Morgan fingerprint density at radius 1 is 1.29 bits per heavy atom. The van der Waals surface area contributed by atoms with E-state index in [0.29, 0.717) is 0 Å². The fourth-order valence-electron chi connectivity index (χ4n) is 0. The van der Waals surface area contributed by atoms with Gasteiger partial charge in [-0.3, -0.25) is 0 Å². The number of carboxylic acid groups (broad SMARTS) is 2. The average Bonchev–Trinajstić information content (AvgIpc) is 1.41. The molecular formula is C2H5KO4. The average molecular weight is 132 g/mol. The van der Waals surface area contributed by atoms with Crippen LogP contribution in [0.3, 0.4) is 0 Å². The molecule has 0 radical (unpaired) electrons. The number of carbonyl (C=O) groups excluding carboxylic acids is 1. The molecular weight excluding hydrogens is 127 g/mol. The van der Waals surface area contributed by atoms with E-state index in [0.717, 1.165) is 0 Å². The third-order valence-electron chi connectivity index (χ3n) is 0. The van der Waals surface area contributed by atoms with E-state index in [-0.39, 0.29) is 51.4 Å². The van der Waals surface area contributed by atoms with Crippen molar-refractivity contribution in [1.29, 1.82) is 0 Å². The van der Waals surface area contributed by atoms with Crippen molar-refractivity contribution >= 4 is 64.3 Å². The summed E-state index contributed by atoms with van der Waals surface area (Å²) in [5.74, 6) is 0. The molecule has 0 unspecified atom stereocenters. The maximum atomic E-state index is 8.56. The van der Waals surface area contributed by atoms with Crippen LogP contribution in [0.5, 0.6) is 0 Å². The Labute approximate surface area is 82.9 Å². The third kappa shape index (κ3) is 415. The van der Waals surface area contributed by atoms with Crippen molar-refractivity contribution in [2.75, 3.05) is 0 Å². The van der Waals surface area contributed by atoms with Gasteiger partial charge in [-0.1, -0.05) is 0 Å². The summed E-state index contributed by atoms with van der Waals surface area (Å²) in [6, 6.07) is 0. The third-order valence-corrected chi connectivity index (χ3v) is 0. The second kappa shape index (κ2) is 16.0. The van der Waals surface area contributed by atoms with Crippen LogP contribution in [0.15, 0.2) is 0 Å². The van der Waals surface area contributed by atoms with Gasteiger partial charge in [0.05, 0.1) is 0 Å². The van der Waals surface area contributed by atoms with Gasteiger partial charge in [0.2, 0.25) is 0 Å². The number of rotatable bonds is 0. The Bertz CT molecular complexity index is 41.0. The molecule has 0 fully saturated rings. The first kappa shape index (κ1) is 15.6. The van der Waals surface area contributed by atoms with Crippen LogP contribution >= 0.6 is 0 Å². The molecule has 0 saturated carbocycles. The van der Waals surface area contributed by atoms with Gasteiger partial charge in [0.25, 0.3) is 0 Å². The molecule has 4 nitrogen and oxygen atoms in total. The Morgan fingerprint density at radius 3 is 1.29 bits per heavy atom. The van der Waals surface area contributed by atoms with Crippen molar-refractivity contribution in [2.45, 2.75) is 0 Å². The first-order valence-corrected chi connectivity index (χ1v) is 0.940. The molecule has 0 aromatic rings. The van der Waals surface area contributed by atoms with Gasteiger partial charge in [-0.05, 0) is 0 Å². The molecule has 0 aliphatic heterocycles. The summed E-state index contributed by atoms with van der Waals surface area (Å²) in [5.41, 5.74) is 0. The predicted molar refractivity (Wildman–Crippen MR) is 24.9 cm³/mol. The fourth-order valence-corrected chi connectivity index (χ4v) is 0. The van der Waals surface area contributed by atoms with Gasteiger partial charge in [0.15, 0.2) is 0 Å². The van der Waals surface area contributed by atoms with Crippen LogP contribution in [0.25, 0.3) is 0 Å². The van der Waals surface area contributed by atoms with Crippen LogP contribution in [0.1, 0.15) is 0 Å². The molecule has 5 heteroatoms. The van der Waals surface area contributed by atoms with Crippen molar-refractivity contribution in [1.82, 2.24) is 0 Å². The first-order chi connectivity index (χ1) is 2.73. The van der Waals surface area contributed by atoms with Crippen LogP contribution in [0.2, 0.25) is 0 Å². The SMILES string of the molecule is C=O.O=C(O)O.[KH]. The number of carbonyl (C=O) groups is 2.